The number of carboxylic acid groups (broad SMARTS) is 1. The largest absolute Gasteiger partial charge is 0.479 e. The van der Waals surface area contributed by atoms with Crippen LogP contribution in [0.15, 0.2) is 48.5 Å². The molecule has 6 nitrogen and oxygen atoms in total. The second-order valence-corrected chi connectivity index (χ2v) is 6.52. The number of carboxylic acids is 1. The molecule has 148 valence electrons. The van der Waals surface area contributed by atoms with Crippen LogP contribution in [0.4, 0.5) is 4.39 Å². The number of aryl methyl sites for hydroxylation is 1. The van der Waals surface area contributed by atoms with Gasteiger partial charge in [-0.2, -0.15) is 0 Å². The Labute approximate surface area is 163 Å². The van der Waals surface area contributed by atoms with Crippen LogP contribution in [0.25, 0.3) is 0 Å². The third-order valence-corrected chi connectivity index (χ3v) is 4.36. The SMILES string of the molecule is CC(=O)N(CCc1ccccc1)CC(=O)NC(C(=O)O)c1ccc(F)c(C)c1. The minimum Gasteiger partial charge on any atom is -0.479 e. The summed E-state index contributed by atoms with van der Waals surface area (Å²) in [6.07, 6.45) is 0.577. The van der Waals surface area contributed by atoms with Gasteiger partial charge in [0.15, 0.2) is 6.04 Å². The Morgan fingerprint density at radius 3 is 2.39 bits per heavy atom. The van der Waals surface area contributed by atoms with Crippen molar-refractivity contribution >= 4 is 17.8 Å². The molecule has 0 heterocycles. The van der Waals surface area contributed by atoms with E-state index in [0.29, 0.717) is 13.0 Å². The molecule has 28 heavy (non-hydrogen) atoms. The lowest BCUT2D eigenvalue weighted by atomic mass is 10.0. The summed E-state index contributed by atoms with van der Waals surface area (Å²) in [5, 5.41) is 11.9. The predicted molar refractivity (Wildman–Crippen MR) is 102 cm³/mol. The van der Waals surface area contributed by atoms with E-state index in [2.05, 4.69) is 5.32 Å². The molecule has 0 saturated heterocycles. The van der Waals surface area contributed by atoms with Crippen LogP contribution in [-0.4, -0.2) is 40.9 Å². The van der Waals surface area contributed by atoms with Gasteiger partial charge >= 0.3 is 5.97 Å². The Morgan fingerprint density at radius 2 is 1.82 bits per heavy atom. The van der Waals surface area contributed by atoms with Crippen molar-refractivity contribution in [2.45, 2.75) is 26.3 Å². The highest BCUT2D eigenvalue weighted by Gasteiger charge is 2.24. The van der Waals surface area contributed by atoms with Gasteiger partial charge in [-0.1, -0.05) is 42.5 Å². The normalized spacial score (nSPS) is 11.5. The van der Waals surface area contributed by atoms with E-state index in [1.54, 1.807) is 0 Å². The van der Waals surface area contributed by atoms with E-state index in [4.69, 9.17) is 0 Å². The lowest BCUT2D eigenvalue weighted by Crippen LogP contribution is -2.43. The molecule has 2 amide bonds. The van der Waals surface area contributed by atoms with Crippen molar-refractivity contribution in [1.29, 1.82) is 0 Å². The van der Waals surface area contributed by atoms with Crippen LogP contribution in [0.1, 0.15) is 29.7 Å². The number of halogens is 1. The molecule has 0 fully saturated rings. The van der Waals surface area contributed by atoms with Gasteiger partial charge in [0.25, 0.3) is 0 Å². The van der Waals surface area contributed by atoms with Gasteiger partial charge in [0.05, 0.1) is 6.54 Å². The van der Waals surface area contributed by atoms with E-state index in [1.807, 2.05) is 30.3 Å². The third kappa shape index (κ3) is 5.90. The molecule has 2 aromatic rings. The van der Waals surface area contributed by atoms with Gasteiger partial charge in [-0.25, -0.2) is 9.18 Å². The zero-order chi connectivity index (χ0) is 20.7. The molecule has 1 atom stereocenters. The first-order valence-electron chi connectivity index (χ1n) is 8.85. The lowest BCUT2D eigenvalue weighted by Gasteiger charge is -2.22. The summed E-state index contributed by atoms with van der Waals surface area (Å²) in [5.41, 5.74) is 1.57. The number of amides is 2. The Balaban J connectivity index is 2.03. The summed E-state index contributed by atoms with van der Waals surface area (Å²) in [6.45, 7) is 2.95. The molecule has 0 aliphatic heterocycles. The van der Waals surface area contributed by atoms with Crippen molar-refractivity contribution in [3.05, 3.63) is 71.0 Å². The second-order valence-electron chi connectivity index (χ2n) is 6.52. The minimum absolute atomic E-state index is 0.258. The number of nitrogens with one attached hydrogen (secondary N) is 1. The van der Waals surface area contributed by atoms with E-state index in [9.17, 15) is 23.9 Å². The van der Waals surface area contributed by atoms with Gasteiger partial charge in [0, 0.05) is 13.5 Å². The first kappa shape index (κ1) is 21.1. The third-order valence-electron chi connectivity index (χ3n) is 4.36. The molecule has 2 aromatic carbocycles. The highest BCUT2D eigenvalue weighted by atomic mass is 19.1. The fraction of sp³-hybridized carbons (Fsp3) is 0.286. The highest BCUT2D eigenvalue weighted by molar-refractivity contribution is 5.88. The zero-order valence-electron chi connectivity index (χ0n) is 15.8. The number of hydrogen-bond acceptors (Lipinski definition) is 3. The van der Waals surface area contributed by atoms with Crippen LogP contribution in [0.5, 0.6) is 0 Å². The molecular formula is C21H23FN2O4. The second kappa shape index (κ2) is 9.64. The summed E-state index contributed by atoms with van der Waals surface area (Å²) in [5.74, 6) is -2.60. The molecule has 0 aromatic heterocycles. The molecule has 1 unspecified atom stereocenters. The Kier molecular flexibility index (Phi) is 7.26. The van der Waals surface area contributed by atoms with Crippen molar-refractivity contribution in [3.8, 4) is 0 Å². The molecule has 0 aliphatic rings. The standard InChI is InChI=1S/C21H23FN2O4/c1-14-12-17(8-9-18(14)22)20(21(27)28)23-19(26)13-24(15(2)25)11-10-16-6-4-3-5-7-16/h3-9,12,20H,10-11,13H2,1-2H3,(H,23,26)(H,27,28). The predicted octanol–water partition coefficient (Wildman–Crippen LogP) is 2.47. The fourth-order valence-electron chi connectivity index (χ4n) is 2.77. The summed E-state index contributed by atoms with van der Waals surface area (Å²) >= 11 is 0. The molecular weight excluding hydrogens is 363 g/mol. The minimum atomic E-state index is -1.32. The van der Waals surface area contributed by atoms with Crippen molar-refractivity contribution in [2.24, 2.45) is 0 Å². The maximum Gasteiger partial charge on any atom is 0.330 e. The molecule has 2 N–H and O–H groups in total. The smallest absolute Gasteiger partial charge is 0.330 e. The number of benzene rings is 2. The van der Waals surface area contributed by atoms with Crippen molar-refractivity contribution < 1.29 is 23.9 Å². The topological polar surface area (TPSA) is 86.7 Å². The summed E-state index contributed by atoms with van der Waals surface area (Å²) < 4.78 is 13.4. The quantitative estimate of drug-likeness (QED) is 0.730. The molecule has 0 saturated carbocycles. The lowest BCUT2D eigenvalue weighted by molar-refractivity contribution is -0.142. The number of aliphatic carboxylic acids is 1. The average molecular weight is 386 g/mol. The van der Waals surface area contributed by atoms with E-state index in [1.165, 1.54) is 30.9 Å². The van der Waals surface area contributed by atoms with E-state index in [0.717, 1.165) is 11.6 Å². The number of hydrogen-bond donors (Lipinski definition) is 2. The Morgan fingerprint density at radius 1 is 1.14 bits per heavy atom. The number of carbonyl (C=O) groups is 3. The number of rotatable bonds is 8. The summed E-state index contributed by atoms with van der Waals surface area (Å²) in [6, 6.07) is 12.1. The van der Waals surface area contributed by atoms with Crippen LogP contribution in [0, 0.1) is 12.7 Å². The van der Waals surface area contributed by atoms with Crippen LogP contribution >= 0.6 is 0 Å². The fourth-order valence-corrected chi connectivity index (χ4v) is 2.77. The van der Waals surface area contributed by atoms with Gasteiger partial charge in [-0.3, -0.25) is 9.59 Å². The van der Waals surface area contributed by atoms with E-state index in [-0.39, 0.29) is 23.6 Å². The van der Waals surface area contributed by atoms with Crippen molar-refractivity contribution in [1.82, 2.24) is 10.2 Å². The van der Waals surface area contributed by atoms with Crippen LogP contribution < -0.4 is 5.32 Å². The average Bonchev–Trinajstić information content (AvgIpc) is 2.66. The van der Waals surface area contributed by atoms with E-state index < -0.39 is 23.7 Å². The highest BCUT2D eigenvalue weighted by Crippen LogP contribution is 2.17. The molecule has 0 spiro atoms. The van der Waals surface area contributed by atoms with Crippen molar-refractivity contribution in [3.63, 3.8) is 0 Å². The molecule has 0 radical (unpaired) electrons. The molecule has 2 rings (SSSR count). The van der Waals surface area contributed by atoms with Crippen LogP contribution in [0.2, 0.25) is 0 Å². The molecule has 7 heteroatoms. The maximum atomic E-state index is 13.4. The number of nitrogens with zero attached hydrogens (tertiary/aromatic N) is 1. The summed E-state index contributed by atoms with van der Waals surface area (Å²) in [4.78, 5) is 37.2. The van der Waals surface area contributed by atoms with Gasteiger partial charge in [-0.05, 0) is 36.1 Å². The maximum absolute atomic E-state index is 13.4. The Hall–Kier alpha value is -3.22. The van der Waals surface area contributed by atoms with Crippen molar-refractivity contribution in [2.75, 3.05) is 13.1 Å². The van der Waals surface area contributed by atoms with Crippen LogP contribution in [-0.2, 0) is 20.8 Å². The first-order chi connectivity index (χ1) is 13.3. The molecule has 0 bridgehead atoms. The van der Waals surface area contributed by atoms with Gasteiger partial charge in [0.1, 0.15) is 5.82 Å². The monoisotopic (exact) mass is 386 g/mol. The first-order valence-corrected chi connectivity index (χ1v) is 8.85. The van der Waals surface area contributed by atoms with E-state index >= 15 is 0 Å². The Bertz CT molecular complexity index is 855. The zero-order valence-corrected chi connectivity index (χ0v) is 15.8. The summed E-state index contributed by atoms with van der Waals surface area (Å²) in [7, 11) is 0. The van der Waals surface area contributed by atoms with Gasteiger partial charge < -0.3 is 15.3 Å². The number of carbonyl (C=O) groups excluding carboxylic acids is 2. The van der Waals surface area contributed by atoms with Gasteiger partial charge in [-0.15, -0.1) is 0 Å². The molecule has 0 aliphatic carbocycles. The van der Waals surface area contributed by atoms with Crippen LogP contribution in [0.3, 0.4) is 0 Å². The van der Waals surface area contributed by atoms with Gasteiger partial charge in [0.2, 0.25) is 11.8 Å².